The molecule has 23 heavy (non-hydrogen) atoms. The molecular weight excluding hydrogens is 290 g/mol. The highest BCUT2D eigenvalue weighted by Crippen LogP contribution is 2.26. The second kappa shape index (κ2) is 4.98. The smallest absolute Gasteiger partial charge is 0.254 e. The molecule has 5 nitrogen and oxygen atoms in total. The molecule has 0 N–H and O–H groups in total. The molecule has 2 aromatic heterocycles. The first-order valence-electron chi connectivity index (χ1n) is 7.83. The molecular formula is C18H19N3O2. The minimum Gasteiger partial charge on any atom is -0.461 e. The van der Waals surface area contributed by atoms with Crippen molar-refractivity contribution in [3.63, 3.8) is 0 Å². The molecule has 0 saturated carbocycles. The predicted molar refractivity (Wildman–Crippen MR) is 87.6 cm³/mol. The van der Waals surface area contributed by atoms with E-state index in [0.29, 0.717) is 18.7 Å². The molecule has 1 aliphatic heterocycles. The molecule has 0 radical (unpaired) electrons. The lowest BCUT2D eigenvalue weighted by Crippen LogP contribution is -2.51. The number of aryl methyl sites for hydroxylation is 3. The molecule has 0 unspecified atom stereocenters. The molecule has 1 aromatic carbocycles. The van der Waals surface area contributed by atoms with Gasteiger partial charge in [-0.2, -0.15) is 5.10 Å². The van der Waals surface area contributed by atoms with Gasteiger partial charge in [0.15, 0.2) is 0 Å². The third-order valence-electron chi connectivity index (χ3n) is 4.43. The van der Waals surface area contributed by atoms with Gasteiger partial charge in [-0.1, -0.05) is 0 Å². The first-order chi connectivity index (χ1) is 11.0. The van der Waals surface area contributed by atoms with Gasteiger partial charge in [0.05, 0.1) is 11.7 Å². The van der Waals surface area contributed by atoms with Crippen molar-refractivity contribution in [3.8, 4) is 0 Å². The van der Waals surface area contributed by atoms with Crippen LogP contribution in [0, 0.1) is 20.8 Å². The summed E-state index contributed by atoms with van der Waals surface area (Å²) in [6, 6.07) is 9.93. The van der Waals surface area contributed by atoms with Crippen molar-refractivity contribution >= 4 is 16.9 Å². The van der Waals surface area contributed by atoms with Crippen molar-refractivity contribution in [2.75, 3.05) is 13.1 Å². The molecule has 1 aliphatic rings. The second-order valence-electron chi connectivity index (χ2n) is 6.35. The number of nitrogens with zero attached hydrogens (tertiary/aromatic N) is 3. The van der Waals surface area contributed by atoms with Crippen LogP contribution in [0.1, 0.15) is 33.5 Å². The van der Waals surface area contributed by atoms with Crippen LogP contribution in [0.3, 0.4) is 0 Å². The van der Waals surface area contributed by atoms with E-state index in [2.05, 4.69) is 18.1 Å². The Bertz CT molecular complexity index is 900. The fraction of sp³-hybridized carbons (Fsp3) is 0.333. The van der Waals surface area contributed by atoms with E-state index in [9.17, 15) is 4.79 Å². The van der Waals surface area contributed by atoms with Crippen LogP contribution in [0.15, 0.2) is 34.7 Å². The van der Waals surface area contributed by atoms with E-state index < -0.39 is 0 Å². The van der Waals surface area contributed by atoms with Crippen molar-refractivity contribution in [2.45, 2.75) is 26.8 Å². The molecule has 4 rings (SSSR count). The van der Waals surface area contributed by atoms with Gasteiger partial charge in [0.25, 0.3) is 5.91 Å². The maximum atomic E-state index is 12.6. The van der Waals surface area contributed by atoms with E-state index in [4.69, 9.17) is 4.42 Å². The summed E-state index contributed by atoms with van der Waals surface area (Å²) in [7, 11) is 0. The Labute approximate surface area is 134 Å². The van der Waals surface area contributed by atoms with Gasteiger partial charge in [-0.15, -0.1) is 0 Å². The Hall–Kier alpha value is -2.56. The van der Waals surface area contributed by atoms with Crippen LogP contribution in [0.2, 0.25) is 0 Å². The molecule has 3 aromatic rings. The maximum Gasteiger partial charge on any atom is 0.254 e. The largest absolute Gasteiger partial charge is 0.461 e. The van der Waals surface area contributed by atoms with Crippen LogP contribution in [0.25, 0.3) is 11.0 Å². The Morgan fingerprint density at radius 3 is 2.65 bits per heavy atom. The van der Waals surface area contributed by atoms with E-state index in [1.807, 2.05) is 47.7 Å². The number of amides is 1. The fourth-order valence-electron chi connectivity index (χ4n) is 3.28. The van der Waals surface area contributed by atoms with Crippen molar-refractivity contribution in [1.29, 1.82) is 0 Å². The summed E-state index contributed by atoms with van der Waals surface area (Å²) >= 11 is 0. The molecule has 1 fully saturated rings. The molecule has 5 heteroatoms. The predicted octanol–water partition coefficient (Wildman–Crippen LogP) is 3.25. The van der Waals surface area contributed by atoms with Gasteiger partial charge in [0.1, 0.15) is 11.3 Å². The minimum atomic E-state index is 0.0727. The topological polar surface area (TPSA) is 51.3 Å². The average Bonchev–Trinajstić information content (AvgIpc) is 2.97. The van der Waals surface area contributed by atoms with Crippen LogP contribution in [0.4, 0.5) is 0 Å². The zero-order valence-corrected chi connectivity index (χ0v) is 13.5. The zero-order chi connectivity index (χ0) is 16.1. The second-order valence-corrected chi connectivity index (χ2v) is 6.35. The van der Waals surface area contributed by atoms with E-state index in [1.54, 1.807) is 0 Å². The lowest BCUT2D eigenvalue weighted by atomic mass is 10.1. The highest BCUT2D eigenvalue weighted by atomic mass is 16.3. The number of furan rings is 1. The van der Waals surface area contributed by atoms with Gasteiger partial charge in [-0.3, -0.25) is 9.48 Å². The molecule has 3 heterocycles. The minimum absolute atomic E-state index is 0.0727. The van der Waals surface area contributed by atoms with Crippen molar-refractivity contribution < 1.29 is 9.21 Å². The molecule has 1 amide bonds. The number of benzene rings is 1. The normalized spacial score (nSPS) is 15.2. The van der Waals surface area contributed by atoms with Crippen molar-refractivity contribution in [1.82, 2.24) is 14.7 Å². The molecule has 118 valence electrons. The Balaban J connectivity index is 1.50. The Morgan fingerprint density at radius 1 is 1.17 bits per heavy atom. The number of hydrogen-bond acceptors (Lipinski definition) is 3. The maximum absolute atomic E-state index is 12.6. The average molecular weight is 309 g/mol. The van der Waals surface area contributed by atoms with Gasteiger partial charge in [-0.25, -0.2) is 0 Å². The third kappa shape index (κ3) is 2.32. The van der Waals surface area contributed by atoms with E-state index >= 15 is 0 Å². The lowest BCUT2D eigenvalue weighted by Gasteiger charge is -2.39. The summed E-state index contributed by atoms with van der Waals surface area (Å²) < 4.78 is 7.59. The summed E-state index contributed by atoms with van der Waals surface area (Å²) in [6.45, 7) is 7.38. The Kier molecular flexibility index (Phi) is 3.04. The zero-order valence-electron chi connectivity index (χ0n) is 13.5. The molecule has 0 bridgehead atoms. The van der Waals surface area contributed by atoms with E-state index in [1.165, 1.54) is 0 Å². The SMILES string of the molecule is Cc1cc(C)n(C2CN(C(=O)c3ccc4oc(C)cc4c3)C2)n1. The highest BCUT2D eigenvalue weighted by Gasteiger charge is 2.33. The Morgan fingerprint density at radius 2 is 1.96 bits per heavy atom. The molecule has 0 spiro atoms. The lowest BCUT2D eigenvalue weighted by molar-refractivity contribution is 0.0498. The summed E-state index contributed by atoms with van der Waals surface area (Å²) in [5.74, 6) is 0.932. The molecule has 1 saturated heterocycles. The number of rotatable bonds is 2. The van der Waals surface area contributed by atoms with Gasteiger partial charge in [-0.05, 0) is 51.1 Å². The number of carbonyl (C=O) groups is 1. The quantitative estimate of drug-likeness (QED) is 0.730. The van der Waals surface area contributed by atoms with Crippen LogP contribution >= 0.6 is 0 Å². The summed E-state index contributed by atoms with van der Waals surface area (Å²) in [6.07, 6.45) is 0. The van der Waals surface area contributed by atoms with E-state index in [0.717, 1.165) is 28.1 Å². The van der Waals surface area contributed by atoms with E-state index in [-0.39, 0.29) is 11.9 Å². The van der Waals surface area contributed by atoms with Crippen molar-refractivity contribution in [2.24, 2.45) is 0 Å². The van der Waals surface area contributed by atoms with Gasteiger partial charge in [0.2, 0.25) is 0 Å². The summed E-state index contributed by atoms with van der Waals surface area (Å²) in [4.78, 5) is 14.5. The van der Waals surface area contributed by atoms with Gasteiger partial charge < -0.3 is 9.32 Å². The summed E-state index contributed by atoms with van der Waals surface area (Å²) in [5.41, 5.74) is 3.70. The standard InChI is InChI=1S/C18H19N3O2/c1-11-6-12(2)21(19-11)16-9-20(10-16)18(22)14-4-5-17-15(8-14)7-13(3)23-17/h4-8,16H,9-10H2,1-3H3. The molecule has 0 atom stereocenters. The number of hydrogen-bond donors (Lipinski definition) is 0. The van der Waals surface area contributed by atoms with Crippen LogP contribution in [-0.4, -0.2) is 33.7 Å². The first kappa shape index (κ1) is 14.1. The number of fused-ring (bicyclic) bond motifs is 1. The molecule has 0 aliphatic carbocycles. The number of likely N-dealkylation sites (tertiary alicyclic amines) is 1. The fourth-order valence-corrected chi connectivity index (χ4v) is 3.28. The van der Waals surface area contributed by atoms with Crippen LogP contribution in [-0.2, 0) is 0 Å². The number of aromatic nitrogens is 2. The van der Waals surface area contributed by atoms with Crippen LogP contribution < -0.4 is 0 Å². The highest BCUT2D eigenvalue weighted by molar-refractivity contribution is 5.98. The first-order valence-corrected chi connectivity index (χ1v) is 7.83. The van der Waals surface area contributed by atoms with Gasteiger partial charge >= 0.3 is 0 Å². The van der Waals surface area contributed by atoms with Crippen molar-refractivity contribution in [3.05, 3.63) is 53.0 Å². The van der Waals surface area contributed by atoms with Gasteiger partial charge in [0, 0.05) is 29.7 Å². The van der Waals surface area contributed by atoms with Crippen LogP contribution in [0.5, 0.6) is 0 Å². The number of carbonyl (C=O) groups excluding carboxylic acids is 1. The summed E-state index contributed by atoms with van der Waals surface area (Å²) in [5, 5.41) is 5.48. The monoisotopic (exact) mass is 309 g/mol. The third-order valence-corrected chi connectivity index (χ3v) is 4.43.